The van der Waals surface area contributed by atoms with Gasteiger partial charge in [0.05, 0.1) is 0 Å². The van der Waals surface area contributed by atoms with Crippen LogP contribution in [-0.2, 0) is 16.0 Å². The van der Waals surface area contributed by atoms with Gasteiger partial charge in [-0.3, -0.25) is 9.78 Å². The molecule has 104 valence electrons. The van der Waals surface area contributed by atoms with E-state index in [9.17, 15) is 9.59 Å². The molecule has 1 heterocycles. The molecule has 0 saturated carbocycles. The summed E-state index contributed by atoms with van der Waals surface area (Å²) in [4.78, 5) is 26.9. The van der Waals surface area contributed by atoms with Crippen molar-refractivity contribution in [3.05, 3.63) is 30.1 Å². The molecule has 0 bridgehead atoms. The van der Waals surface area contributed by atoms with Crippen molar-refractivity contribution in [2.75, 3.05) is 0 Å². The Morgan fingerprint density at radius 2 is 2.16 bits per heavy atom. The van der Waals surface area contributed by atoms with Gasteiger partial charge < -0.3 is 15.8 Å². The van der Waals surface area contributed by atoms with Crippen LogP contribution in [0.25, 0.3) is 0 Å². The second-order valence-corrected chi connectivity index (χ2v) is 5.17. The van der Waals surface area contributed by atoms with E-state index in [0.717, 1.165) is 5.56 Å². The lowest BCUT2D eigenvalue weighted by Gasteiger charge is -2.22. The van der Waals surface area contributed by atoms with Crippen molar-refractivity contribution < 1.29 is 14.3 Å². The molecule has 1 aromatic rings. The van der Waals surface area contributed by atoms with Crippen LogP contribution in [0.2, 0.25) is 0 Å². The van der Waals surface area contributed by atoms with Gasteiger partial charge in [-0.1, -0.05) is 6.07 Å². The number of nitrogens with zero attached hydrogens (tertiary/aromatic N) is 1. The summed E-state index contributed by atoms with van der Waals surface area (Å²) in [6.45, 7) is 5.23. The molecule has 3 N–H and O–H groups in total. The van der Waals surface area contributed by atoms with Crippen LogP contribution < -0.4 is 11.1 Å². The van der Waals surface area contributed by atoms with Gasteiger partial charge in [-0.25, -0.2) is 4.79 Å². The first kappa shape index (κ1) is 14.9. The van der Waals surface area contributed by atoms with Crippen LogP contribution in [0.1, 0.15) is 26.3 Å². The molecule has 0 radical (unpaired) electrons. The van der Waals surface area contributed by atoms with Gasteiger partial charge in [0.1, 0.15) is 11.6 Å². The number of amides is 2. The molecule has 0 aliphatic rings. The van der Waals surface area contributed by atoms with Crippen molar-refractivity contribution in [3.8, 4) is 0 Å². The minimum Gasteiger partial charge on any atom is -0.444 e. The first-order valence-corrected chi connectivity index (χ1v) is 5.95. The van der Waals surface area contributed by atoms with Crippen molar-refractivity contribution >= 4 is 12.0 Å². The number of hydrogen-bond donors (Lipinski definition) is 2. The Morgan fingerprint density at radius 1 is 1.47 bits per heavy atom. The first-order chi connectivity index (χ1) is 8.78. The van der Waals surface area contributed by atoms with Gasteiger partial charge in [-0.15, -0.1) is 0 Å². The van der Waals surface area contributed by atoms with E-state index in [2.05, 4.69) is 10.3 Å². The molecule has 6 nitrogen and oxygen atoms in total. The second-order valence-electron chi connectivity index (χ2n) is 5.17. The van der Waals surface area contributed by atoms with E-state index in [1.807, 2.05) is 0 Å². The lowest BCUT2D eigenvalue weighted by atomic mass is 10.1. The first-order valence-electron chi connectivity index (χ1n) is 5.95. The van der Waals surface area contributed by atoms with Crippen LogP contribution in [0.4, 0.5) is 4.79 Å². The third kappa shape index (κ3) is 5.85. The standard InChI is InChI=1S/C13H19N3O3/c1-13(2,3)19-12(18)16-10(11(14)17)7-9-5-4-6-15-8-9/h4-6,8,10H,7H2,1-3H3,(H2,14,17)(H,16,18)/t10-/m0/s1. The van der Waals surface area contributed by atoms with E-state index in [0.29, 0.717) is 0 Å². The fraction of sp³-hybridized carbons (Fsp3) is 0.462. The predicted octanol–water partition coefficient (Wildman–Crippen LogP) is 1.00. The number of primary amides is 1. The van der Waals surface area contributed by atoms with Crippen molar-refractivity contribution in [1.29, 1.82) is 0 Å². The molecule has 19 heavy (non-hydrogen) atoms. The third-order valence-corrected chi connectivity index (χ3v) is 2.20. The van der Waals surface area contributed by atoms with Gasteiger partial charge in [0, 0.05) is 18.8 Å². The number of nitrogens with one attached hydrogen (secondary N) is 1. The Kier molecular flexibility index (Phi) is 4.86. The number of rotatable bonds is 4. The number of hydrogen-bond acceptors (Lipinski definition) is 4. The Morgan fingerprint density at radius 3 is 2.63 bits per heavy atom. The van der Waals surface area contributed by atoms with Gasteiger partial charge in [-0.05, 0) is 32.4 Å². The molecule has 0 spiro atoms. The lowest BCUT2D eigenvalue weighted by Crippen LogP contribution is -2.47. The average Bonchev–Trinajstić information content (AvgIpc) is 2.26. The molecule has 0 aliphatic heterocycles. The maximum Gasteiger partial charge on any atom is 0.408 e. The largest absolute Gasteiger partial charge is 0.444 e. The number of carbonyl (C=O) groups excluding carboxylic acids is 2. The van der Waals surface area contributed by atoms with Gasteiger partial charge in [0.25, 0.3) is 0 Å². The zero-order valence-corrected chi connectivity index (χ0v) is 11.3. The summed E-state index contributed by atoms with van der Waals surface area (Å²) in [7, 11) is 0. The van der Waals surface area contributed by atoms with Crippen molar-refractivity contribution in [1.82, 2.24) is 10.3 Å². The van der Waals surface area contributed by atoms with Crippen LogP contribution in [0, 0.1) is 0 Å². The van der Waals surface area contributed by atoms with Gasteiger partial charge in [0.2, 0.25) is 5.91 Å². The fourth-order valence-corrected chi connectivity index (χ4v) is 1.43. The van der Waals surface area contributed by atoms with Crippen LogP contribution in [0.3, 0.4) is 0 Å². The molecule has 6 heteroatoms. The molecule has 2 amide bonds. The molecule has 0 unspecified atom stereocenters. The zero-order valence-electron chi connectivity index (χ0n) is 11.3. The normalized spacial score (nSPS) is 12.6. The molecule has 0 aromatic carbocycles. The molecule has 0 aliphatic carbocycles. The molecular formula is C13H19N3O3. The quantitative estimate of drug-likeness (QED) is 0.849. The Hall–Kier alpha value is -2.11. The van der Waals surface area contributed by atoms with Crippen molar-refractivity contribution in [3.63, 3.8) is 0 Å². The van der Waals surface area contributed by atoms with E-state index in [4.69, 9.17) is 10.5 Å². The number of alkyl carbamates (subject to hydrolysis) is 1. The van der Waals surface area contributed by atoms with E-state index in [1.54, 1.807) is 45.3 Å². The van der Waals surface area contributed by atoms with Gasteiger partial charge in [0.15, 0.2) is 0 Å². The minimum absolute atomic E-state index is 0.280. The summed E-state index contributed by atoms with van der Waals surface area (Å²) in [5, 5.41) is 2.46. The summed E-state index contributed by atoms with van der Waals surface area (Å²) in [6, 6.07) is 2.74. The number of carbonyl (C=O) groups is 2. The maximum atomic E-state index is 11.6. The second kappa shape index (κ2) is 6.17. The zero-order chi connectivity index (χ0) is 14.5. The number of nitrogens with two attached hydrogens (primary N) is 1. The van der Waals surface area contributed by atoms with E-state index < -0.39 is 23.6 Å². The molecule has 0 fully saturated rings. The van der Waals surface area contributed by atoms with Crippen molar-refractivity contribution in [2.24, 2.45) is 5.73 Å². The smallest absolute Gasteiger partial charge is 0.408 e. The molecule has 1 aromatic heterocycles. The number of pyridine rings is 1. The Labute approximate surface area is 112 Å². The third-order valence-electron chi connectivity index (χ3n) is 2.20. The topological polar surface area (TPSA) is 94.3 Å². The molecular weight excluding hydrogens is 246 g/mol. The Balaban J connectivity index is 2.64. The highest BCUT2D eigenvalue weighted by Gasteiger charge is 2.22. The van der Waals surface area contributed by atoms with Crippen LogP contribution >= 0.6 is 0 Å². The maximum absolute atomic E-state index is 11.6. The Bertz CT molecular complexity index is 440. The summed E-state index contributed by atoms with van der Waals surface area (Å²) < 4.78 is 5.08. The SMILES string of the molecule is CC(C)(C)OC(=O)N[C@@H](Cc1cccnc1)C(N)=O. The number of aromatic nitrogens is 1. The highest BCUT2D eigenvalue weighted by atomic mass is 16.6. The molecule has 1 rings (SSSR count). The van der Waals surface area contributed by atoms with Gasteiger partial charge in [-0.2, -0.15) is 0 Å². The van der Waals surface area contributed by atoms with Crippen molar-refractivity contribution in [2.45, 2.75) is 38.8 Å². The predicted molar refractivity (Wildman–Crippen MR) is 70.3 cm³/mol. The summed E-state index contributed by atoms with van der Waals surface area (Å²) in [5.41, 5.74) is 5.45. The van der Waals surface area contributed by atoms with Crippen LogP contribution in [-0.4, -0.2) is 28.6 Å². The number of ether oxygens (including phenoxy) is 1. The summed E-state index contributed by atoms with van der Waals surface area (Å²) >= 11 is 0. The minimum atomic E-state index is -0.820. The van der Waals surface area contributed by atoms with Crippen LogP contribution in [0.15, 0.2) is 24.5 Å². The highest BCUT2D eigenvalue weighted by Crippen LogP contribution is 2.08. The van der Waals surface area contributed by atoms with E-state index >= 15 is 0 Å². The molecule has 0 saturated heterocycles. The summed E-state index contributed by atoms with van der Waals surface area (Å²) in [6.07, 6.45) is 2.86. The highest BCUT2D eigenvalue weighted by molar-refractivity contribution is 5.84. The van der Waals surface area contributed by atoms with Gasteiger partial charge >= 0.3 is 6.09 Å². The van der Waals surface area contributed by atoms with Crippen LogP contribution in [0.5, 0.6) is 0 Å². The lowest BCUT2D eigenvalue weighted by molar-refractivity contribution is -0.120. The monoisotopic (exact) mass is 265 g/mol. The summed E-state index contributed by atoms with van der Waals surface area (Å²) in [5.74, 6) is -0.616. The van der Waals surface area contributed by atoms with E-state index in [-0.39, 0.29) is 6.42 Å². The molecule has 1 atom stereocenters. The fourth-order valence-electron chi connectivity index (χ4n) is 1.43. The van der Waals surface area contributed by atoms with E-state index in [1.165, 1.54) is 0 Å². The average molecular weight is 265 g/mol.